The lowest BCUT2D eigenvalue weighted by atomic mass is 9.76. The summed E-state index contributed by atoms with van der Waals surface area (Å²) in [5.41, 5.74) is 4.94. The van der Waals surface area contributed by atoms with E-state index in [9.17, 15) is 18.3 Å². The van der Waals surface area contributed by atoms with Gasteiger partial charge in [-0.2, -0.15) is 0 Å². The lowest BCUT2D eigenvalue weighted by molar-refractivity contribution is 0.0271. The normalized spacial score (nSPS) is 27.8. The van der Waals surface area contributed by atoms with Crippen molar-refractivity contribution in [3.8, 4) is 0 Å². The van der Waals surface area contributed by atoms with Crippen molar-refractivity contribution < 1.29 is 18.3 Å². The van der Waals surface area contributed by atoms with E-state index in [-0.39, 0.29) is 12.1 Å². The molecule has 1 aromatic rings. The molecule has 1 aliphatic carbocycles. The van der Waals surface area contributed by atoms with Crippen molar-refractivity contribution in [2.45, 2.75) is 38.7 Å². The van der Waals surface area contributed by atoms with Crippen LogP contribution in [0.15, 0.2) is 12.1 Å². The second-order valence-electron chi connectivity index (χ2n) is 5.77. The van der Waals surface area contributed by atoms with Crippen LogP contribution in [0.4, 0.5) is 13.2 Å². The first kappa shape index (κ1) is 15.3. The Morgan fingerprint density at radius 1 is 1.30 bits per heavy atom. The summed E-state index contributed by atoms with van der Waals surface area (Å²) in [6, 6.07) is 1.22. The molecule has 0 amide bonds. The van der Waals surface area contributed by atoms with E-state index in [1.165, 1.54) is 0 Å². The van der Waals surface area contributed by atoms with Crippen LogP contribution in [0.5, 0.6) is 0 Å². The Bertz CT molecular complexity index is 494. The first-order valence-electron chi connectivity index (χ1n) is 6.96. The van der Waals surface area contributed by atoms with Gasteiger partial charge in [0.15, 0.2) is 11.6 Å². The average molecular weight is 287 g/mol. The number of aliphatic hydroxyl groups is 1. The number of hydrogen-bond acceptors (Lipinski definition) is 2. The molecule has 5 heteroatoms. The van der Waals surface area contributed by atoms with Crippen molar-refractivity contribution in [2.75, 3.05) is 6.54 Å². The third-order valence-electron chi connectivity index (χ3n) is 4.64. The van der Waals surface area contributed by atoms with Crippen LogP contribution >= 0.6 is 0 Å². The molecule has 0 spiro atoms. The zero-order valence-electron chi connectivity index (χ0n) is 11.5. The van der Waals surface area contributed by atoms with Gasteiger partial charge in [0.05, 0.1) is 6.10 Å². The minimum atomic E-state index is -1.25. The molecule has 3 unspecified atom stereocenters. The van der Waals surface area contributed by atoms with Gasteiger partial charge in [-0.05, 0) is 31.2 Å². The van der Waals surface area contributed by atoms with Crippen molar-refractivity contribution >= 4 is 0 Å². The highest BCUT2D eigenvalue weighted by molar-refractivity contribution is 5.25. The molecule has 0 radical (unpaired) electrons. The molecular weight excluding hydrogens is 267 g/mol. The second kappa shape index (κ2) is 5.74. The van der Waals surface area contributed by atoms with E-state index in [1.807, 2.05) is 0 Å². The standard InChI is InChI=1S/C15H20F3NO/c1-2-9-3-4-15(7-9,8-19)14(20)10-5-12(17)13(18)6-11(10)16/h5-6,9,14,20H,2-4,7-8,19H2,1H3. The van der Waals surface area contributed by atoms with Gasteiger partial charge in [-0.15, -0.1) is 0 Å². The monoisotopic (exact) mass is 287 g/mol. The molecule has 0 heterocycles. The van der Waals surface area contributed by atoms with E-state index in [1.54, 1.807) is 0 Å². The number of hydrogen-bond donors (Lipinski definition) is 2. The summed E-state index contributed by atoms with van der Waals surface area (Å²) in [4.78, 5) is 0. The van der Waals surface area contributed by atoms with Crippen LogP contribution in [0.25, 0.3) is 0 Å². The van der Waals surface area contributed by atoms with E-state index in [0.29, 0.717) is 24.8 Å². The molecule has 0 bridgehead atoms. The third-order valence-corrected chi connectivity index (χ3v) is 4.64. The Labute approximate surface area is 116 Å². The second-order valence-corrected chi connectivity index (χ2v) is 5.77. The topological polar surface area (TPSA) is 46.2 Å². The Balaban J connectivity index is 2.34. The maximum Gasteiger partial charge on any atom is 0.161 e. The molecule has 112 valence electrons. The number of aliphatic hydroxyl groups excluding tert-OH is 1. The maximum atomic E-state index is 13.8. The van der Waals surface area contributed by atoms with E-state index in [4.69, 9.17) is 5.73 Å². The molecule has 3 N–H and O–H groups in total. The van der Waals surface area contributed by atoms with Gasteiger partial charge in [0.1, 0.15) is 5.82 Å². The summed E-state index contributed by atoms with van der Waals surface area (Å²) in [5.74, 6) is -2.90. The maximum absolute atomic E-state index is 13.8. The summed E-state index contributed by atoms with van der Waals surface area (Å²) in [6.45, 7) is 2.25. The fraction of sp³-hybridized carbons (Fsp3) is 0.600. The molecule has 1 fully saturated rings. The Morgan fingerprint density at radius 2 is 1.95 bits per heavy atom. The van der Waals surface area contributed by atoms with Gasteiger partial charge in [-0.1, -0.05) is 13.3 Å². The first-order valence-corrected chi connectivity index (χ1v) is 6.96. The molecule has 0 saturated heterocycles. The Morgan fingerprint density at radius 3 is 2.50 bits per heavy atom. The van der Waals surface area contributed by atoms with Crippen LogP contribution in [0.3, 0.4) is 0 Å². The molecule has 0 aromatic heterocycles. The molecule has 2 rings (SSSR count). The highest BCUT2D eigenvalue weighted by Gasteiger charge is 2.44. The SMILES string of the molecule is CCC1CCC(CN)(C(O)c2cc(F)c(F)cc2F)C1. The molecule has 20 heavy (non-hydrogen) atoms. The fourth-order valence-corrected chi connectivity index (χ4v) is 3.24. The minimum absolute atomic E-state index is 0.198. The van der Waals surface area contributed by atoms with Crippen molar-refractivity contribution in [2.24, 2.45) is 17.1 Å². The Kier molecular flexibility index (Phi) is 4.39. The van der Waals surface area contributed by atoms with Gasteiger partial charge < -0.3 is 10.8 Å². The molecule has 1 saturated carbocycles. The molecule has 2 nitrogen and oxygen atoms in total. The van der Waals surface area contributed by atoms with E-state index >= 15 is 0 Å². The molecular formula is C15H20F3NO. The lowest BCUT2D eigenvalue weighted by Crippen LogP contribution is -2.35. The smallest absolute Gasteiger partial charge is 0.161 e. The summed E-state index contributed by atoms with van der Waals surface area (Å²) in [7, 11) is 0. The highest BCUT2D eigenvalue weighted by atomic mass is 19.2. The van der Waals surface area contributed by atoms with Gasteiger partial charge in [0.2, 0.25) is 0 Å². The quantitative estimate of drug-likeness (QED) is 0.835. The van der Waals surface area contributed by atoms with Crippen molar-refractivity contribution in [1.29, 1.82) is 0 Å². The third kappa shape index (κ3) is 2.56. The summed E-state index contributed by atoms with van der Waals surface area (Å²) < 4.78 is 40.1. The van der Waals surface area contributed by atoms with E-state index in [2.05, 4.69) is 6.92 Å². The van der Waals surface area contributed by atoms with E-state index in [0.717, 1.165) is 18.9 Å². The number of nitrogens with two attached hydrogens (primary N) is 1. The fourth-order valence-electron chi connectivity index (χ4n) is 3.24. The largest absolute Gasteiger partial charge is 0.388 e. The van der Waals surface area contributed by atoms with Gasteiger partial charge in [0, 0.05) is 23.6 Å². The van der Waals surface area contributed by atoms with Crippen LogP contribution in [0, 0.1) is 28.8 Å². The number of benzene rings is 1. The van der Waals surface area contributed by atoms with Crippen molar-refractivity contribution in [1.82, 2.24) is 0 Å². The van der Waals surface area contributed by atoms with Gasteiger partial charge in [0.25, 0.3) is 0 Å². The van der Waals surface area contributed by atoms with Crippen molar-refractivity contribution in [3.63, 3.8) is 0 Å². The predicted molar refractivity (Wildman–Crippen MR) is 70.4 cm³/mol. The lowest BCUT2D eigenvalue weighted by Gasteiger charge is -2.34. The Hall–Kier alpha value is -1.07. The zero-order chi connectivity index (χ0) is 14.9. The molecule has 3 atom stereocenters. The first-order chi connectivity index (χ1) is 9.43. The molecule has 1 aromatic carbocycles. The zero-order valence-corrected chi connectivity index (χ0v) is 11.5. The summed E-state index contributed by atoms with van der Waals surface area (Å²) >= 11 is 0. The number of halogens is 3. The van der Waals surface area contributed by atoms with Crippen LogP contribution in [0.1, 0.15) is 44.3 Å². The van der Waals surface area contributed by atoms with E-state index < -0.39 is 29.0 Å². The molecule has 1 aliphatic rings. The van der Waals surface area contributed by atoms with Crippen molar-refractivity contribution in [3.05, 3.63) is 35.1 Å². The van der Waals surface area contributed by atoms with Crippen LogP contribution < -0.4 is 5.73 Å². The van der Waals surface area contributed by atoms with Crippen LogP contribution in [-0.2, 0) is 0 Å². The van der Waals surface area contributed by atoms with Crippen LogP contribution in [-0.4, -0.2) is 11.7 Å². The van der Waals surface area contributed by atoms with Gasteiger partial charge >= 0.3 is 0 Å². The highest BCUT2D eigenvalue weighted by Crippen LogP contribution is 2.50. The van der Waals surface area contributed by atoms with Crippen LogP contribution in [0.2, 0.25) is 0 Å². The van der Waals surface area contributed by atoms with Gasteiger partial charge in [-0.25, -0.2) is 13.2 Å². The molecule has 0 aliphatic heterocycles. The number of rotatable bonds is 4. The predicted octanol–water partition coefficient (Wildman–Crippen LogP) is 3.29. The average Bonchev–Trinajstić information content (AvgIpc) is 2.87. The minimum Gasteiger partial charge on any atom is -0.388 e. The van der Waals surface area contributed by atoms with Gasteiger partial charge in [-0.3, -0.25) is 0 Å². The summed E-state index contributed by atoms with van der Waals surface area (Å²) in [6.07, 6.45) is 2.02. The summed E-state index contributed by atoms with van der Waals surface area (Å²) in [5, 5.41) is 10.5.